The van der Waals surface area contributed by atoms with Crippen molar-refractivity contribution in [3.8, 4) is 0 Å². The van der Waals surface area contributed by atoms with Gasteiger partial charge in [-0.15, -0.1) is 0 Å². The van der Waals surface area contributed by atoms with Gasteiger partial charge >= 0.3 is 5.97 Å². The van der Waals surface area contributed by atoms with Gasteiger partial charge in [-0.25, -0.2) is 0 Å². The maximum Gasteiger partial charge on any atom is 0.309 e. The highest BCUT2D eigenvalue weighted by molar-refractivity contribution is 6.30. The number of Topliss-reactive ketones (excluding diaryl/α,β-unsaturated/α-hetero) is 1. The van der Waals surface area contributed by atoms with Gasteiger partial charge in [-0.1, -0.05) is 35.9 Å². The number of carbonyl (C=O) groups is 3. The molecular formula is C29H32ClN3O4. The molecule has 37 heavy (non-hydrogen) atoms. The zero-order valence-corrected chi connectivity index (χ0v) is 21.8. The minimum Gasteiger partial charge on any atom is -0.481 e. The number of halogens is 1. The molecule has 0 radical (unpaired) electrons. The number of carboxylic acid groups (broad SMARTS) is 1. The number of dihydropyridines is 1. The molecule has 2 heterocycles. The van der Waals surface area contributed by atoms with Crippen LogP contribution >= 0.6 is 11.6 Å². The number of anilines is 1. The summed E-state index contributed by atoms with van der Waals surface area (Å²) < 4.78 is 0. The lowest BCUT2D eigenvalue weighted by atomic mass is 9.86. The number of fused-ring (bicyclic) bond motifs is 1. The summed E-state index contributed by atoms with van der Waals surface area (Å²) in [6, 6.07) is 14.2. The number of rotatable bonds is 9. The Morgan fingerprint density at radius 1 is 1.11 bits per heavy atom. The molecule has 0 aromatic heterocycles. The fraction of sp³-hybridized carbons (Fsp3) is 0.345. The van der Waals surface area contributed by atoms with Crippen LogP contribution in [0.2, 0.25) is 5.02 Å². The first-order valence-electron chi connectivity index (χ1n) is 12.4. The Hall–Kier alpha value is -3.58. The van der Waals surface area contributed by atoms with Crippen molar-refractivity contribution in [3.05, 3.63) is 88.7 Å². The second-order valence-electron chi connectivity index (χ2n) is 10.2. The van der Waals surface area contributed by atoms with E-state index >= 15 is 0 Å². The molecule has 2 aliphatic heterocycles. The van der Waals surface area contributed by atoms with Crippen molar-refractivity contribution >= 4 is 34.9 Å². The molecule has 2 atom stereocenters. The second kappa shape index (κ2) is 11.2. The third kappa shape index (κ3) is 6.41. The lowest BCUT2D eigenvalue weighted by molar-refractivity contribution is -0.147. The van der Waals surface area contributed by atoms with Crippen molar-refractivity contribution < 1.29 is 19.5 Å². The van der Waals surface area contributed by atoms with Crippen LogP contribution in [0, 0.1) is 11.3 Å². The average molecular weight is 522 g/mol. The lowest BCUT2D eigenvalue weighted by Crippen LogP contribution is -2.53. The molecule has 3 N–H and O–H groups in total. The van der Waals surface area contributed by atoms with Crippen molar-refractivity contribution in [1.29, 1.82) is 0 Å². The standard InChI is InChI=1S/C29H32ClN3O4/c1-29(2,28(36)37)15-13-19-5-7-20(8-6-19)25(34)18-33-17-14-23(26-24(33)4-3-16-31-26)27(35)32-22-11-9-21(30)10-12-22/h3-12,16,23,26,31H,13-15,17-18H2,1-2H3,(H,32,35)(H,36,37). The van der Waals surface area contributed by atoms with E-state index in [-0.39, 0.29) is 30.2 Å². The van der Waals surface area contributed by atoms with Gasteiger partial charge in [-0.3, -0.25) is 14.4 Å². The minimum atomic E-state index is -0.815. The smallest absolute Gasteiger partial charge is 0.309 e. The summed E-state index contributed by atoms with van der Waals surface area (Å²) >= 11 is 5.95. The second-order valence-corrected chi connectivity index (χ2v) is 10.7. The van der Waals surface area contributed by atoms with E-state index in [2.05, 4.69) is 10.6 Å². The van der Waals surface area contributed by atoms with Crippen LogP contribution in [0.1, 0.15) is 42.6 Å². The Labute approximate surface area is 222 Å². The van der Waals surface area contributed by atoms with E-state index in [9.17, 15) is 19.5 Å². The van der Waals surface area contributed by atoms with Crippen LogP contribution in [0.4, 0.5) is 5.69 Å². The van der Waals surface area contributed by atoms with Crippen molar-refractivity contribution in [3.63, 3.8) is 0 Å². The number of hydrogen-bond acceptors (Lipinski definition) is 5. The van der Waals surface area contributed by atoms with E-state index in [1.165, 1.54) is 0 Å². The first kappa shape index (κ1) is 26.5. The number of carbonyl (C=O) groups excluding carboxylic acids is 2. The number of carboxylic acids is 1. The number of amides is 1. The van der Waals surface area contributed by atoms with Crippen LogP contribution in [-0.2, 0) is 16.0 Å². The fourth-order valence-electron chi connectivity index (χ4n) is 4.62. The Morgan fingerprint density at radius 2 is 1.81 bits per heavy atom. The molecule has 0 spiro atoms. The van der Waals surface area contributed by atoms with Gasteiger partial charge in [-0.05, 0) is 81.3 Å². The summed E-state index contributed by atoms with van der Waals surface area (Å²) in [6.45, 7) is 4.24. The average Bonchev–Trinajstić information content (AvgIpc) is 2.89. The van der Waals surface area contributed by atoms with Crippen LogP contribution in [0.5, 0.6) is 0 Å². The van der Waals surface area contributed by atoms with Crippen LogP contribution in [0.25, 0.3) is 0 Å². The van der Waals surface area contributed by atoms with Gasteiger partial charge in [0.1, 0.15) is 0 Å². The molecule has 1 amide bonds. The van der Waals surface area contributed by atoms with Gasteiger partial charge in [0.25, 0.3) is 0 Å². The molecule has 1 saturated heterocycles. The Morgan fingerprint density at radius 3 is 2.49 bits per heavy atom. The number of benzene rings is 2. The number of aryl methyl sites for hydroxylation is 1. The van der Waals surface area contributed by atoms with Gasteiger partial charge in [0.05, 0.1) is 23.9 Å². The zero-order chi connectivity index (χ0) is 26.6. The maximum absolute atomic E-state index is 13.1. The Balaban J connectivity index is 1.38. The minimum absolute atomic E-state index is 0.00400. The van der Waals surface area contributed by atoms with E-state index in [0.29, 0.717) is 42.1 Å². The van der Waals surface area contributed by atoms with Crippen LogP contribution < -0.4 is 10.6 Å². The highest BCUT2D eigenvalue weighted by Gasteiger charge is 2.38. The number of ketones is 1. The lowest BCUT2D eigenvalue weighted by Gasteiger charge is -2.42. The quantitative estimate of drug-likeness (QED) is 0.406. The summed E-state index contributed by atoms with van der Waals surface area (Å²) in [4.78, 5) is 39.6. The molecule has 2 aromatic rings. The maximum atomic E-state index is 13.1. The van der Waals surface area contributed by atoms with Gasteiger partial charge in [0.2, 0.25) is 5.91 Å². The van der Waals surface area contributed by atoms with E-state index < -0.39 is 11.4 Å². The molecule has 2 unspecified atom stereocenters. The SMILES string of the molecule is CC(C)(CCc1ccc(C(=O)CN2CCC(C(=O)Nc3ccc(Cl)cc3)C3NC=CC=C32)cc1)C(=O)O. The number of nitrogens with one attached hydrogen (secondary N) is 2. The first-order chi connectivity index (χ1) is 17.6. The Bertz CT molecular complexity index is 1220. The largest absolute Gasteiger partial charge is 0.481 e. The van der Waals surface area contributed by atoms with Gasteiger partial charge in [0.15, 0.2) is 5.78 Å². The summed E-state index contributed by atoms with van der Waals surface area (Å²) in [7, 11) is 0. The molecule has 2 aliphatic rings. The van der Waals surface area contributed by atoms with Gasteiger partial charge in [0, 0.05) is 28.5 Å². The number of allylic oxidation sites excluding steroid dienone is 2. The highest BCUT2D eigenvalue weighted by atomic mass is 35.5. The number of hydrogen-bond donors (Lipinski definition) is 3. The van der Waals surface area contributed by atoms with Crippen molar-refractivity contribution in [2.24, 2.45) is 11.3 Å². The highest BCUT2D eigenvalue weighted by Crippen LogP contribution is 2.30. The number of nitrogens with zero attached hydrogens (tertiary/aromatic N) is 1. The molecule has 8 heteroatoms. The third-order valence-electron chi connectivity index (χ3n) is 7.11. The summed E-state index contributed by atoms with van der Waals surface area (Å²) in [5.41, 5.74) is 2.44. The van der Waals surface area contributed by atoms with E-state index in [1.807, 2.05) is 47.5 Å². The molecular weight excluding hydrogens is 490 g/mol. The van der Waals surface area contributed by atoms with E-state index in [1.54, 1.807) is 38.1 Å². The van der Waals surface area contributed by atoms with Gasteiger partial charge < -0.3 is 20.6 Å². The topological polar surface area (TPSA) is 98.7 Å². The van der Waals surface area contributed by atoms with Gasteiger partial charge in [-0.2, -0.15) is 0 Å². The molecule has 0 saturated carbocycles. The zero-order valence-electron chi connectivity index (χ0n) is 21.0. The third-order valence-corrected chi connectivity index (χ3v) is 7.36. The number of likely N-dealkylation sites (tertiary alicyclic amines) is 1. The predicted octanol–water partition coefficient (Wildman–Crippen LogP) is 4.90. The molecule has 7 nitrogen and oxygen atoms in total. The molecule has 0 aliphatic carbocycles. The number of aliphatic carboxylic acids is 1. The molecule has 0 bridgehead atoms. The van der Waals surface area contributed by atoms with E-state index in [4.69, 9.17) is 11.6 Å². The summed E-state index contributed by atoms with van der Waals surface area (Å²) in [5, 5.41) is 16.2. The first-order valence-corrected chi connectivity index (χ1v) is 12.8. The van der Waals surface area contributed by atoms with Crippen LogP contribution in [0.3, 0.4) is 0 Å². The van der Waals surface area contributed by atoms with Crippen molar-refractivity contribution in [1.82, 2.24) is 10.2 Å². The van der Waals surface area contributed by atoms with Crippen LogP contribution in [0.15, 0.2) is 72.6 Å². The van der Waals surface area contributed by atoms with Crippen LogP contribution in [-0.4, -0.2) is 46.8 Å². The summed E-state index contributed by atoms with van der Waals surface area (Å²) in [5.74, 6) is -1.18. The van der Waals surface area contributed by atoms with Crippen molar-refractivity contribution in [2.45, 2.75) is 39.2 Å². The normalized spacial score (nSPS) is 18.9. The molecule has 2 aromatic carbocycles. The monoisotopic (exact) mass is 521 g/mol. The predicted molar refractivity (Wildman–Crippen MR) is 144 cm³/mol. The molecule has 194 valence electrons. The van der Waals surface area contributed by atoms with E-state index in [0.717, 1.165) is 11.3 Å². The molecule has 1 fully saturated rings. The van der Waals surface area contributed by atoms with Crippen molar-refractivity contribution in [2.75, 3.05) is 18.4 Å². The Kier molecular flexibility index (Phi) is 8.03. The number of piperidine rings is 1. The molecule has 4 rings (SSSR count). The summed E-state index contributed by atoms with van der Waals surface area (Å²) in [6.07, 6.45) is 7.43. The fourth-order valence-corrected chi connectivity index (χ4v) is 4.74.